The summed E-state index contributed by atoms with van der Waals surface area (Å²) in [4.78, 5) is -0.965. The first-order chi connectivity index (χ1) is 10.0. The third-order valence-electron chi connectivity index (χ3n) is 3.73. The molecule has 9 heteroatoms. The molecule has 1 aliphatic rings. The quantitative estimate of drug-likeness (QED) is 0.858. The highest BCUT2D eigenvalue weighted by Gasteiger charge is 2.41. The molecule has 1 aromatic rings. The lowest BCUT2D eigenvalue weighted by Crippen LogP contribution is -2.32. The van der Waals surface area contributed by atoms with E-state index in [4.69, 9.17) is 0 Å². The van der Waals surface area contributed by atoms with Gasteiger partial charge in [-0.15, -0.1) is 0 Å². The lowest BCUT2D eigenvalue weighted by molar-refractivity contribution is -0.140. The third kappa shape index (κ3) is 3.26. The molecule has 0 spiro atoms. The van der Waals surface area contributed by atoms with Crippen molar-refractivity contribution in [2.75, 3.05) is 13.1 Å². The molecule has 2 unspecified atom stereocenters. The van der Waals surface area contributed by atoms with Crippen LogP contribution in [0.3, 0.4) is 0 Å². The number of sulfonamides is 1. The maximum atomic E-state index is 13.1. The zero-order valence-corrected chi connectivity index (χ0v) is 12.5. The second-order valence-electron chi connectivity index (χ2n) is 5.29. The molecule has 124 valence electrons. The monoisotopic (exact) mass is 341 g/mol. The number of aliphatic hydroxyl groups is 1. The van der Waals surface area contributed by atoms with Crippen LogP contribution in [0.2, 0.25) is 0 Å². The second-order valence-corrected chi connectivity index (χ2v) is 7.20. The van der Waals surface area contributed by atoms with Crippen molar-refractivity contribution in [3.63, 3.8) is 0 Å². The maximum Gasteiger partial charge on any atom is 0.417 e. The molecular weight excluding hydrogens is 326 g/mol. The molecule has 0 aliphatic carbocycles. The summed E-state index contributed by atoms with van der Waals surface area (Å²) in [6, 6.07) is 1.49. The zero-order valence-electron chi connectivity index (χ0n) is 11.6. The summed E-state index contributed by atoms with van der Waals surface area (Å²) in [7, 11) is -4.40. The zero-order chi connectivity index (χ0) is 16.7. The summed E-state index contributed by atoms with van der Waals surface area (Å²) in [6.07, 6.45) is -5.37. The predicted octanol–water partition coefficient (Wildman–Crippen LogP) is 2.24. The Balaban J connectivity index is 2.43. The normalized spacial score (nSPS) is 22.0. The van der Waals surface area contributed by atoms with Crippen molar-refractivity contribution in [1.29, 1.82) is 0 Å². The van der Waals surface area contributed by atoms with Gasteiger partial charge in [0.1, 0.15) is 5.82 Å². The van der Waals surface area contributed by atoms with Gasteiger partial charge >= 0.3 is 6.18 Å². The van der Waals surface area contributed by atoms with E-state index in [0.717, 1.165) is 4.31 Å². The predicted molar refractivity (Wildman–Crippen MR) is 69.9 cm³/mol. The number of halogens is 4. The lowest BCUT2D eigenvalue weighted by Gasteiger charge is -2.20. The van der Waals surface area contributed by atoms with Crippen molar-refractivity contribution >= 4 is 10.0 Å². The van der Waals surface area contributed by atoms with E-state index in [2.05, 4.69) is 0 Å². The van der Waals surface area contributed by atoms with Crippen molar-refractivity contribution < 1.29 is 31.1 Å². The number of hydrogen-bond donors (Lipinski definition) is 1. The number of hydrogen-bond acceptors (Lipinski definition) is 3. The Hall–Kier alpha value is -1.19. The number of nitrogens with zero attached hydrogens (tertiary/aromatic N) is 1. The number of alkyl halides is 3. The van der Waals surface area contributed by atoms with Gasteiger partial charge in [0.15, 0.2) is 0 Å². The molecule has 0 saturated carbocycles. The van der Waals surface area contributed by atoms with Crippen LogP contribution in [0, 0.1) is 11.7 Å². The standard InChI is InChI=1S/C13H15F4NO3S/c1-8(19)9-4-5-18(7-9)22(20,21)12-3-2-10(14)6-11(12)13(15,16)17/h2-3,6,8-9,19H,4-5,7H2,1H3. The van der Waals surface area contributed by atoms with Crippen LogP contribution in [0.1, 0.15) is 18.9 Å². The average Bonchev–Trinajstić information content (AvgIpc) is 2.87. The van der Waals surface area contributed by atoms with Gasteiger partial charge in [0, 0.05) is 13.1 Å². The van der Waals surface area contributed by atoms with Crippen molar-refractivity contribution in [3.05, 3.63) is 29.6 Å². The minimum atomic E-state index is -4.98. The molecule has 0 bridgehead atoms. The first-order valence-electron chi connectivity index (χ1n) is 6.58. The Bertz CT molecular complexity index is 658. The number of aliphatic hydroxyl groups excluding tert-OH is 1. The molecule has 1 fully saturated rings. The minimum Gasteiger partial charge on any atom is -0.393 e. The van der Waals surface area contributed by atoms with E-state index in [1.165, 1.54) is 6.92 Å². The summed E-state index contributed by atoms with van der Waals surface area (Å²) in [5, 5.41) is 9.48. The minimum absolute atomic E-state index is 0.0204. The van der Waals surface area contributed by atoms with Gasteiger partial charge in [0.25, 0.3) is 0 Å². The van der Waals surface area contributed by atoms with Crippen LogP contribution in [0.15, 0.2) is 23.1 Å². The van der Waals surface area contributed by atoms with Crippen LogP contribution in [0.5, 0.6) is 0 Å². The van der Waals surface area contributed by atoms with Gasteiger partial charge in [-0.05, 0) is 37.5 Å². The molecule has 1 aliphatic heterocycles. The van der Waals surface area contributed by atoms with E-state index < -0.39 is 38.6 Å². The van der Waals surface area contributed by atoms with Gasteiger partial charge in [-0.2, -0.15) is 17.5 Å². The maximum absolute atomic E-state index is 13.1. The Kier molecular flexibility index (Phi) is 4.51. The molecule has 1 heterocycles. The SMILES string of the molecule is CC(O)C1CCN(S(=O)(=O)c2ccc(F)cc2C(F)(F)F)C1. The fraction of sp³-hybridized carbons (Fsp3) is 0.538. The van der Waals surface area contributed by atoms with Gasteiger partial charge in [-0.1, -0.05) is 0 Å². The Morgan fingerprint density at radius 2 is 2.00 bits per heavy atom. The molecule has 0 amide bonds. The highest BCUT2D eigenvalue weighted by Crippen LogP contribution is 2.37. The Labute approximate surface area is 125 Å². The van der Waals surface area contributed by atoms with E-state index in [1.807, 2.05) is 0 Å². The Morgan fingerprint density at radius 1 is 1.36 bits per heavy atom. The third-order valence-corrected chi connectivity index (χ3v) is 5.66. The molecule has 1 aromatic carbocycles. The molecule has 2 atom stereocenters. The molecule has 0 radical (unpaired) electrons. The van der Waals surface area contributed by atoms with Crippen LogP contribution in [0.4, 0.5) is 17.6 Å². The first-order valence-corrected chi connectivity index (χ1v) is 8.02. The number of rotatable bonds is 3. The van der Waals surface area contributed by atoms with Crippen LogP contribution < -0.4 is 0 Å². The van der Waals surface area contributed by atoms with Crippen LogP contribution >= 0.6 is 0 Å². The fourth-order valence-electron chi connectivity index (χ4n) is 2.45. The molecular formula is C13H15F4NO3S. The highest BCUT2D eigenvalue weighted by molar-refractivity contribution is 7.89. The van der Waals surface area contributed by atoms with Crippen molar-refractivity contribution in [1.82, 2.24) is 4.31 Å². The lowest BCUT2D eigenvalue weighted by atomic mass is 10.0. The van der Waals surface area contributed by atoms with Gasteiger partial charge < -0.3 is 5.11 Å². The van der Waals surface area contributed by atoms with Crippen molar-refractivity contribution in [2.45, 2.75) is 30.5 Å². The topological polar surface area (TPSA) is 57.6 Å². The average molecular weight is 341 g/mol. The summed E-state index contributed by atoms with van der Waals surface area (Å²) in [5.41, 5.74) is -1.52. The van der Waals surface area contributed by atoms with E-state index in [-0.39, 0.29) is 25.1 Å². The highest BCUT2D eigenvalue weighted by atomic mass is 32.2. The van der Waals surface area contributed by atoms with E-state index in [1.54, 1.807) is 0 Å². The van der Waals surface area contributed by atoms with Gasteiger partial charge in [-0.25, -0.2) is 12.8 Å². The molecule has 4 nitrogen and oxygen atoms in total. The van der Waals surface area contributed by atoms with Crippen molar-refractivity contribution in [3.8, 4) is 0 Å². The van der Waals surface area contributed by atoms with Crippen LogP contribution in [-0.2, 0) is 16.2 Å². The van der Waals surface area contributed by atoms with Crippen LogP contribution in [-0.4, -0.2) is 37.0 Å². The van der Waals surface area contributed by atoms with E-state index in [0.29, 0.717) is 18.6 Å². The van der Waals surface area contributed by atoms with Gasteiger partial charge in [-0.3, -0.25) is 0 Å². The fourth-order valence-corrected chi connectivity index (χ4v) is 4.16. The largest absolute Gasteiger partial charge is 0.417 e. The number of benzene rings is 1. The summed E-state index contributed by atoms with van der Waals surface area (Å²) < 4.78 is 77.7. The van der Waals surface area contributed by atoms with Crippen molar-refractivity contribution in [2.24, 2.45) is 5.92 Å². The van der Waals surface area contributed by atoms with Gasteiger partial charge in [0.05, 0.1) is 16.6 Å². The Morgan fingerprint density at radius 3 is 2.50 bits per heavy atom. The summed E-state index contributed by atoms with van der Waals surface area (Å²) >= 11 is 0. The molecule has 2 rings (SSSR count). The molecule has 0 aromatic heterocycles. The smallest absolute Gasteiger partial charge is 0.393 e. The van der Waals surface area contributed by atoms with E-state index in [9.17, 15) is 31.1 Å². The second kappa shape index (κ2) is 5.78. The van der Waals surface area contributed by atoms with Crippen LogP contribution in [0.25, 0.3) is 0 Å². The van der Waals surface area contributed by atoms with E-state index >= 15 is 0 Å². The molecule has 1 N–H and O–H groups in total. The van der Waals surface area contributed by atoms with Gasteiger partial charge in [0.2, 0.25) is 10.0 Å². The summed E-state index contributed by atoms with van der Waals surface area (Å²) in [5.74, 6) is -1.49. The molecule has 22 heavy (non-hydrogen) atoms. The first kappa shape index (κ1) is 17.2. The summed E-state index contributed by atoms with van der Waals surface area (Å²) in [6.45, 7) is 1.46. The molecule has 1 saturated heterocycles.